The van der Waals surface area contributed by atoms with Gasteiger partial charge in [-0.3, -0.25) is 5.43 Å². The second-order valence-electron chi connectivity index (χ2n) is 4.04. The summed E-state index contributed by atoms with van der Waals surface area (Å²) in [6.45, 7) is 4.24. The summed E-state index contributed by atoms with van der Waals surface area (Å²) in [7, 11) is 0. The summed E-state index contributed by atoms with van der Waals surface area (Å²) < 4.78 is 0. The molecule has 1 aliphatic heterocycles. The minimum atomic E-state index is 0.00714. The molecular formula is C11H17N3. The fraction of sp³-hybridized carbons (Fsp3) is 0.455. The molecule has 3 unspecified atom stereocenters. The third-order valence-electron chi connectivity index (χ3n) is 2.87. The van der Waals surface area contributed by atoms with Crippen LogP contribution in [-0.4, -0.2) is 12.2 Å². The number of benzene rings is 1. The lowest BCUT2D eigenvalue weighted by Crippen LogP contribution is -2.38. The van der Waals surface area contributed by atoms with E-state index in [-0.39, 0.29) is 6.17 Å². The molecule has 1 aliphatic rings. The van der Waals surface area contributed by atoms with Gasteiger partial charge in [-0.15, -0.1) is 0 Å². The Labute approximate surface area is 84.7 Å². The Morgan fingerprint density at radius 3 is 2.29 bits per heavy atom. The van der Waals surface area contributed by atoms with E-state index in [1.54, 1.807) is 0 Å². The van der Waals surface area contributed by atoms with Crippen molar-refractivity contribution in [3.05, 3.63) is 35.4 Å². The maximum Gasteiger partial charge on any atom is 0.0764 e. The number of hydrazine groups is 1. The highest BCUT2D eigenvalue weighted by Gasteiger charge is 2.31. The Bertz CT molecular complexity index is 297. The maximum atomic E-state index is 5.97. The van der Waals surface area contributed by atoms with Crippen LogP contribution in [0.3, 0.4) is 0 Å². The van der Waals surface area contributed by atoms with Gasteiger partial charge < -0.3 is 5.73 Å². The summed E-state index contributed by atoms with van der Waals surface area (Å²) in [6.07, 6.45) is 0.00714. The van der Waals surface area contributed by atoms with Gasteiger partial charge in [0.25, 0.3) is 0 Å². The van der Waals surface area contributed by atoms with E-state index in [9.17, 15) is 0 Å². The van der Waals surface area contributed by atoms with Gasteiger partial charge in [0.2, 0.25) is 0 Å². The first-order valence-corrected chi connectivity index (χ1v) is 5.01. The summed E-state index contributed by atoms with van der Waals surface area (Å²) >= 11 is 0. The summed E-state index contributed by atoms with van der Waals surface area (Å²) in [5.41, 5.74) is 14.8. The molecule has 0 spiro atoms. The lowest BCUT2D eigenvalue weighted by Gasteiger charge is -2.18. The van der Waals surface area contributed by atoms with Crippen LogP contribution in [0.1, 0.15) is 24.0 Å². The van der Waals surface area contributed by atoms with Gasteiger partial charge in [-0.25, -0.2) is 5.43 Å². The molecular weight excluding hydrogens is 174 g/mol. The lowest BCUT2D eigenvalue weighted by atomic mass is 9.91. The first kappa shape index (κ1) is 9.65. The van der Waals surface area contributed by atoms with Crippen molar-refractivity contribution in [3.63, 3.8) is 0 Å². The first-order chi connectivity index (χ1) is 6.68. The van der Waals surface area contributed by atoms with Crippen molar-refractivity contribution in [3.8, 4) is 0 Å². The molecule has 0 amide bonds. The number of rotatable bonds is 1. The lowest BCUT2D eigenvalue weighted by molar-refractivity contribution is 0.546. The number of nitrogens with one attached hydrogen (secondary N) is 2. The second-order valence-corrected chi connectivity index (χ2v) is 4.04. The topological polar surface area (TPSA) is 50.1 Å². The third-order valence-corrected chi connectivity index (χ3v) is 2.87. The molecule has 4 N–H and O–H groups in total. The van der Waals surface area contributed by atoms with Crippen LogP contribution < -0.4 is 16.6 Å². The van der Waals surface area contributed by atoms with Crippen LogP contribution in [0.25, 0.3) is 0 Å². The molecule has 2 rings (SSSR count). The average Bonchev–Trinajstić information content (AvgIpc) is 2.49. The molecule has 1 saturated heterocycles. The molecule has 14 heavy (non-hydrogen) atoms. The molecule has 1 fully saturated rings. The summed E-state index contributed by atoms with van der Waals surface area (Å²) in [4.78, 5) is 0. The van der Waals surface area contributed by atoms with E-state index < -0.39 is 0 Å². The molecule has 1 aromatic rings. The largest absolute Gasteiger partial charge is 0.314 e. The third kappa shape index (κ3) is 1.66. The normalized spacial score (nSPS) is 32.1. The zero-order chi connectivity index (χ0) is 10.1. The van der Waals surface area contributed by atoms with E-state index >= 15 is 0 Å². The SMILES string of the molecule is Cc1ccc(C2C(C)NNC2N)cc1. The fourth-order valence-electron chi connectivity index (χ4n) is 2.00. The van der Waals surface area contributed by atoms with Crippen molar-refractivity contribution in [2.75, 3.05) is 0 Å². The van der Waals surface area contributed by atoms with Crippen molar-refractivity contribution in [1.82, 2.24) is 10.9 Å². The summed E-state index contributed by atoms with van der Waals surface area (Å²) in [6, 6.07) is 8.96. The first-order valence-electron chi connectivity index (χ1n) is 5.01. The van der Waals surface area contributed by atoms with Crippen LogP contribution in [0.5, 0.6) is 0 Å². The molecule has 3 heteroatoms. The Hall–Kier alpha value is -0.900. The Morgan fingerprint density at radius 1 is 1.14 bits per heavy atom. The van der Waals surface area contributed by atoms with Gasteiger partial charge >= 0.3 is 0 Å². The molecule has 3 nitrogen and oxygen atoms in total. The Kier molecular flexibility index (Phi) is 2.54. The van der Waals surface area contributed by atoms with Crippen molar-refractivity contribution < 1.29 is 0 Å². The molecule has 0 radical (unpaired) electrons. The number of aryl methyl sites for hydroxylation is 1. The van der Waals surface area contributed by atoms with Crippen LogP contribution in [0.4, 0.5) is 0 Å². The second kappa shape index (κ2) is 3.69. The molecule has 0 saturated carbocycles. The van der Waals surface area contributed by atoms with Crippen LogP contribution in [0.2, 0.25) is 0 Å². The maximum absolute atomic E-state index is 5.97. The van der Waals surface area contributed by atoms with Gasteiger partial charge in [0.15, 0.2) is 0 Å². The van der Waals surface area contributed by atoms with Gasteiger partial charge in [0, 0.05) is 12.0 Å². The van der Waals surface area contributed by atoms with Crippen molar-refractivity contribution in [1.29, 1.82) is 0 Å². The van der Waals surface area contributed by atoms with Gasteiger partial charge in [-0.2, -0.15) is 0 Å². The molecule has 1 heterocycles. The summed E-state index contributed by atoms with van der Waals surface area (Å²) in [5, 5.41) is 0. The predicted octanol–water partition coefficient (Wildman–Crippen LogP) is 0.860. The Morgan fingerprint density at radius 2 is 1.79 bits per heavy atom. The quantitative estimate of drug-likeness (QED) is 0.617. The number of hydrogen-bond acceptors (Lipinski definition) is 3. The fourth-order valence-corrected chi connectivity index (χ4v) is 2.00. The smallest absolute Gasteiger partial charge is 0.0764 e. The molecule has 3 atom stereocenters. The minimum absolute atomic E-state index is 0.00714. The zero-order valence-electron chi connectivity index (χ0n) is 8.62. The number of hydrogen-bond donors (Lipinski definition) is 3. The summed E-state index contributed by atoms with van der Waals surface area (Å²) in [5.74, 6) is 0.357. The van der Waals surface area contributed by atoms with E-state index in [4.69, 9.17) is 5.73 Å². The van der Waals surface area contributed by atoms with Crippen molar-refractivity contribution in [2.45, 2.75) is 32.0 Å². The van der Waals surface area contributed by atoms with Gasteiger partial charge in [-0.1, -0.05) is 29.8 Å². The van der Waals surface area contributed by atoms with E-state index in [1.165, 1.54) is 11.1 Å². The van der Waals surface area contributed by atoms with E-state index in [2.05, 4.69) is 49.0 Å². The standard InChI is InChI=1S/C11H17N3/c1-7-3-5-9(6-4-7)10-8(2)13-14-11(10)12/h3-6,8,10-11,13-14H,12H2,1-2H3. The molecule has 0 bridgehead atoms. The van der Waals surface area contributed by atoms with Gasteiger partial charge in [-0.05, 0) is 19.4 Å². The van der Waals surface area contributed by atoms with Crippen molar-refractivity contribution in [2.24, 2.45) is 5.73 Å². The monoisotopic (exact) mass is 191 g/mol. The zero-order valence-corrected chi connectivity index (χ0v) is 8.62. The van der Waals surface area contributed by atoms with Crippen molar-refractivity contribution >= 4 is 0 Å². The van der Waals surface area contributed by atoms with Crippen LogP contribution in [0, 0.1) is 6.92 Å². The average molecular weight is 191 g/mol. The van der Waals surface area contributed by atoms with Gasteiger partial charge in [0.1, 0.15) is 0 Å². The van der Waals surface area contributed by atoms with E-state index in [0.717, 1.165) is 0 Å². The molecule has 0 aromatic heterocycles. The van der Waals surface area contributed by atoms with E-state index in [0.29, 0.717) is 12.0 Å². The Balaban J connectivity index is 2.25. The molecule has 1 aromatic carbocycles. The highest BCUT2D eigenvalue weighted by atomic mass is 15.4. The van der Waals surface area contributed by atoms with Crippen LogP contribution in [0.15, 0.2) is 24.3 Å². The predicted molar refractivity (Wildman–Crippen MR) is 57.6 cm³/mol. The van der Waals surface area contributed by atoms with Gasteiger partial charge in [0.05, 0.1) is 6.17 Å². The van der Waals surface area contributed by atoms with Crippen LogP contribution in [-0.2, 0) is 0 Å². The minimum Gasteiger partial charge on any atom is -0.314 e. The number of nitrogens with two attached hydrogens (primary N) is 1. The highest BCUT2D eigenvalue weighted by molar-refractivity contribution is 5.27. The van der Waals surface area contributed by atoms with Crippen LogP contribution >= 0.6 is 0 Å². The van der Waals surface area contributed by atoms with E-state index in [1.807, 2.05) is 0 Å². The molecule has 0 aliphatic carbocycles. The molecule has 76 valence electrons. The highest BCUT2D eigenvalue weighted by Crippen LogP contribution is 2.24.